The van der Waals surface area contributed by atoms with E-state index in [2.05, 4.69) is 11.5 Å². The van der Waals surface area contributed by atoms with Crippen molar-refractivity contribution in [3.8, 4) is 5.75 Å². The van der Waals surface area contributed by atoms with Gasteiger partial charge in [-0.15, -0.1) is 0 Å². The standard InChI is InChI=1S/C17H15ClFNO/c1-2-20-10-12(15-7-4-8-16(18)17(15)20)11-21-14-6-3-5-13(19)9-14/h3-10H,2,11H2,1H3. The zero-order valence-corrected chi connectivity index (χ0v) is 12.4. The van der Waals surface area contributed by atoms with Gasteiger partial charge in [-0.25, -0.2) is 4.39 Å². The van der Waals surface area contributed by atoms with Crippen LogP contribution < -0.4 is 4.74 Å². The van der Waals surface area contributed by atoms with E-state index >= 15 is 0 Å². The number of hydrogen-bond donors (Lipinski definition) is 0. The number of aryl methyl sites for hydroxylation is 1. The molecule has 1 heterocycles. The lowest BCUT2D eigenvalue weighted by Gasteiger charge is -2.05. The third-order valence-electron chi connectivity index (χ3n) is 3.46. The Bertz CT molecular complexity index is 782. The van der Waals surface area contributed by atoms with Crippen LogP contribution in [0.1, 0.15) is 12.5 Å². The molecule has 0 aliphatic heterocycles. The lowest BCUT2D eigenvalue weighted by Crippen LogP contribution is -1.95. The summed E-state index contributed by atoms with van der Waals surface area (Å²) in [5.41, 5.74) is 2.05. The van der Waals surface area contributed by atoms with E-state index in [1.165, 1.54) is 12.1 Å². The van der Waals surface area contributed by atoms with Crippen molar-refractivity contribution in [3.05, 3.63) is 65.1 Å². The molecule has 3 rings (SSSR count). The number of halogens is 2. The number of fused-ring (bicyclic) bond motifs is 1. The smallest absolute Gasteiger partial charge is 0.126 e. The lowest BCUT2D eigenvalue weighted by molar-refractivity contribution is 0.305. The normalized spacial score (nSPS) is 11.0. The maximum atomic E-state index is 13.2. The number of para-hydroxylation sites is 1. The molecule has 4 heteroatoms. The molecule has 0 aliphatic rings. The minimum atomic E-state index is -0.300. The van der Waals surface area contributed by atoms with Crippen LogP contribution in [0.25, 0.3) is 10.9 Å². The van der Waals surface area contributed by atoms with Gasteiger partial charge in [-0.05, 0) is 25.1 Å². The molecule has 0 spiro atoms. The quantitative estimate of drug-likeness (QED) is 0.659. The summed E-state index contributed by atoms with van der Waals surface area (Å²) in [7, 11) is 0. The van der Waals surface area contributed by atoms with Crippen molar-refractivity contribution in [3.63, 3.8) is 0 Å². The molecule has 0 N–H and O–H groups in total. The van der Waals surface area contributed by atoms with E-state index in [1.54, 1.807) is 12.1 Å². The Kier molecular flexibility index (Phi) is 3.84. The first-order valence-corrected chi connectivity index (χ1v) is 7.21. The molecular formula is C17H15ClFNO. The number of benzene rings is 2. The highest BCUT2D eigenvalue weighted by Gasteiger charge is 2.11. The Hall–Kier alpha value is -2.00. The van der Waals surface area contributed by atoms with Gasteiger partial charge in [0.1, 0.15) is 18.2 Å². The summed E-state index contributed by atoms with van der Waals surface area (Å²) < 4.78 is 20.9. The minimum absolute atomic E-state index is 0.300. The fourth-order valence-electron chi connectivity index (χ4n) is 2.47. The molecule has 0 fully saturated rings. The van der Waals surface area contributed by atoms with E-state index in [4.69, 9.17) is 16.3 Å². The molecule has 2 aromatic carbocycles. The summed E-state index contributed by atoms with van der Waals surface area (Å²) in [6.07, 6.45) is 2.04. The van der Waals surface area contributed by atoms with E-state index in [0.717, 1.165) is 28.0 Å². The van der Waals surface area contributed by atoms with Gasteiger partial charge in [0, 0.05) is 29.8 Å². The number of nitrogens with zero attached hydrogens (tertiary/aromatic N) is 1. The minimum Gasteiger partial charge on any atom is -0.489 e. The Morgan fingerprint density at radius 1 is 1.19 bits per heavy atom. The van der Waals surface area contributed by atoms with Crippen molar-refractivity contribution in [2.45, 2.75) is 20.1 Å². The van der Waals surface area contributed by atoms with Crippen LogP contribution >= 0.6 is 11.6 Å². The van der Waals surface area contributed by atoms with Crippen LogP contribution in [0.15, 0.2) is 48.7 Å². The third kappa shape index (κ3) is 2.74. The first kappa shape index (κ1) is 14.0. The van der Waals surface area contributed by atoms with Crippen LogP contribution in [0.3, 0.4) is 0 Å². The van der Waals surface area contributed by atoms with Crippen molar-refractivity contribution in [2.75, 3.05) is 0 Å². The lowest BCUT2D eigenvalue weighted by atomic mass is 10.2. The zero-order valence-electron chi connectivity index (χ0n) is 11.6. The maximum Gasteiger partial charge on any atom is 0.126 e. The number of rotatable bonds is 4. The van der Waals surface area contributed by atoms with Crippen LogP contribution in [-0.4, -0.2) is 4.57 Å². The Morgan fingerprint density at radius 2 is 2.00 bits per heavy atom. The van der Waals surface area contributed by atoms with E-state index in [9.17, 15) is 4.39 Å². The van der Waals surface area contributed by atoms with Gasteiger partial charge in [0.15, 0.2) is 0 Å². The summed E-state index contributed by atoms with van der Waals surface area (Å²) >= 11 is 6.28. The average Bonchev–Trinajstić information content (AvgIpc) is 2.85. The van der Waals surface area contributed by atoms with Gasteiger partial charge in [-0.2, -0.15) is 0 Å². The maximum absolute atomic E-state index is 13.2. The summed E-state index contributed by atoms with van der Waals surface area (Å²) in [4.78, 5) is 0. The molecule has 21 heavy (non-hydrogen) atoms. The van der Waals surface area contributed by atoms with Gasteiger partial charge in [0.2, 0.25) is 0 Å². The molecule has 0 aliphatic carbocycles. The summed E-state index contributed by atoms with van der Waals surface area (Å²) in [6.45, 7) is 3.29. The van der Waals surface area contributed by atoms with E-state index in [0.29, 0.717) is 12.4 Å². The summed E-state index contributed by atoms with van der Waals surface area (Å²) in [6, 6.07) is 12.0. The van der Waals surface area contributed by atoms with Gasteiger partial charge >= 0.3 is 0 Å². The highest BCUT2D eigenvalue weighted by Crippen LogP contribution is 2.29. The van der Waals surface area contributed by atoms with E-state index in [1.807, 2.05) is 24.4 Å². The molecule has 0 bridgehead atoms. The molecule has 0 saturated carbocycles. The van der Waals surface area contributed by atoms with Gasteiger partial charge in [0.25, 0.3) is 0 Å². The SMILES string of the molecule is CCn1cc(COc2cccc(F)c2)c2cccc(Cl)c21. The first-order chi connectivity index (χ1) is 10.2. The van der Waals surface area contributed by atoms with Crippen LogP contribution in [-0.2, 0) is 13.2 Å². The molecule has 2 nitrogen and oxygen atoms in total. The second-order valence-corrected chi connectivity index (χ2v) is 5.23. The largest absolute Gasteiger partial charge is 0.489 e. The number of hydrogen-bond acceptors (Lipinski definition) is 1. The molecule has 0 saturated heterocycles. The Morgan fingerprint density at radius 3 is 2.76 bits per heavy atom. The Balaban J connectivity index is 1.92. The van der Waals surface area contributed by atoms with Crippen LogP contribution in [0.5, 0.6) is 5.75 Å². The zero-order chi connectivity index (χ0) is 14.8. The average molecular weight is 304 g/mol. The van der Waals surface area contributed by atoms with Gasteiger partial charge in [0.05, 0.1) is 10.5 Å². The van der Waals surface area contributed by atoms with Crippen LogP contribution in [0.2, 0.25) is 5.02 Å². The van der Waals surface area contributed by atoms with Crippen molar-refractivity contribution in [2.24, 2.45) is 0 Å². The van der Waals surface area contributed by atoms with Crippen molar-refractivity contribution in [1.82, 2.24) is 4.57 Å². The van der Waals surface area contributed by atoms with Crippen LogP contribution in [0, 0.1) is 5.82 Å². The third-order valence-corrected chi connectivity index (χ3v) is 3.77. The topological polar surface area (TPSA) is 14.2 Å². The highest BCUT2D eigenvalue weighted by molar-refractivity contribution is 6.35. The molecular weight excluding hydrogens is 289 g/mol. The molecule has 1 aromatic heterocycles. The van der Waals surface area contributed by atoms with E-state index < -0.39 is 0 Å². The first-order valence-electron chi connectivity index (χ1n) is 6.83. The highest BCUT2D eigenvalue weighted by atomic mass is 35.5. The van der Waals surface area contributed by atoms with Gasteiger partial charge in [-0.3, -0.25) is 0 Å². The van der Waals surface area contributed by atoms with Crippen LogP contribution in [0.4, 0.5) is 4.39 Å². The van der Waals surface area contributed by atoms with Crippen molar-refractivity contribution >= 4 is 22.5 Å². The van der Waals surface area contributed by atoms with E-state index in [-0.39, 0.29) is 5.82 Å². The number of aromatic nitrogens is 1. The molecule has 0 amide bonds. The monoisotopic (exact) mass is 303 g/mol. The summed E-state index contributed by atoms with van der Waals surface area (Å²) in [5.74, 6) is 0.223. The van der Waals surface area contributed by atoms with Gasteiger partial charge < -0.3 is 9.30 Å². The fraction of sp³-hybridized carbons (Fsp3) is 0.176. The Labute approximate surface area is 127 Å². The van der Waals surface area contributed by atoms with Gasteiger partial charge in [-0.1, -0.05) is 29.8 Å². The second-order valence-electron chi connectivity index (χ2n) is 4.82. The number of ether oxygens (including phenoxy) is 1. The van der Waals surface area contributed by atoms with Crippen molar-refractivity contribution < 1.29 is 9.13 Å². The molecule has 0 radical (unpaired) electrons. The predicted octanol–water partition coefficient (Wildman–Crippen LogP) is 5.03. The predicted molar refractivity (Wildman–Crippen MR) is 83.4 cm³/mol. The van der Waals surface area contributed by atoms with Crippen molar-refractivity contribution in [1.29, 1.82) is 0 Å². The molecule has 0 unspecified atom stereocenters. The molecule has 3 aromatic rings. The molecule has 0 atom stereocenters. The summed E-state index contributed by atoms with van der Waals surface area (Å²) in [5, 5.41) is 1.80. The second kappa shape index (κ2) is 5.78. The fourth-order valence-corrected chi connectivity index (χ4v) is 2.75. The molecule has 108 valence electrons.